The maximum absolute atomic E-state index is 12.3. The van der Waals surface area contributed by atoms with E-state index in [2.05, 4.69) is 0 Å². The van der Waals surface area contributed by atoms with E-state index in [1.807, 2.05) is 25.7 Å². The molecule has 0 radical (unpaired) electrons. The Hall–Kier alpha value is -1.30. The first-order valence-corrected chi connectivity index (χ1v) is 7.77. The third-order valence-corrected chi connectivity index (χ3v) is 3.88. The molecule has 6 heteroatoms. The molecule has 1 aliphatic carbocycles. The molecule has 0 bridgehead atoms. The molecular weight excluding hydrogens is 270 g/mol. The van der Waals surface area contributed by atoms with Crippen LogP contribution in [0.2, 0.25) is 0 Å². The molecule has 1 aliphatic heterocycles. The van der Waals surface area contributed by atoms with Crippen LogP contribution in [0.5, 0.6) is 0 Å². The van der Waals surface area contributed by atoms with E-state index in [1.54, 1.807) is 4.90 Å². The lowest BCUT2D eigenvalue weighted by Crippen LogP contribution is -2.42. The molecule has 0 aromatic heterocycles. The fourth-order valence-electron chi connectivity index (χ4n) is 2.69. The maximum Gasteiger partial charge on any atom is 0.410 e. The van der Waals surface area contributed by atoms with Crippen LogP contribution in [-0.4, -0.2) is 59.6 Å². The molecule has 0 aromatic carbocycles. The first-order valence-electron chi connectivity index (χ1n) is 7.77. The lowest BCUT2D eigenvalue weighted by Gasteiger charge is -2.29. The SMILES string of the molecule is CC(C)(C)OC(=O)N(C[C@H]1CCN(C(=O)CN)C1)C1CC1. The molecule has 2 rings (SSSR count). The quantitative estimate of drug-likeness (QED) is 0.846. The number of hydrogen-bond acceptors (Lipinski definition) is 4. The summed E-state index contributed by atoms with van der Waals surface area (Å²) in [5.74, 6) is 0.321. The average molecular weight is 297 g/mol. The van der Waals surface area contributed by atoms with Gasteiger partial charge in [-0.1, -0.05) is 0 Å². The van der Waals surface area contributed by atoms with Crippen LogP contribution in [0.15, 0.2) is 0 Å². The van der Waals surface area contributed by atoms with E-state index in [9.17, 15) is 9.59 Å². The summed E-state index contributed by atoms with van der Waals surface area (Å²) in [5, 5.41) is 0. The molecule has 120 valence electrons. The number of rotatable bonds is 4. The van der Waals surface area contributed by atoms with Crippen molar-refractivity contribution < 1.29 is 14.3 Å². The lowest BCUT2D eigenvalue weighted by molar-refractivity contribution is -0.128. The number of carbonyl (C=O) groups is 2. The molecule has 1 saturated heterocycles. The van der Waals surface area contributed by atoms with Crippen molar-refractivity contribution in [1.29, 1.82) is 0 Å². The van der Waals surface area contributed by atoms with Crippen molar-refractivity contribution in [1.82, 2.24) is 9.80 Å². The molecule has 2 aliphatic rings. The van der Waals surface area contributed by atoms with Gasteiger partial charge < -0.3 is 20.3 Å². The van der Waals surface area contributed by atoms with Crippen LogP contribution < -0.4 is 5.73 Å². The predicted octanol–water partition coefficient (Wildman–Crippen LogP) is 1.19. The van der Waals surface area contributed by atoms with Gasteiger partial charge in [-0.15, -0.1) is 0 Å². The highest BCUT2D eigenvalue weighted by atomic mass is 16.6. The van der Waals surface area contributed by atoms with Gasteiger partial charge in [0.2, 0.25) is 5.91 Å². The van der Waals surface area contributed by atoms with E-state index in [-0.39, 0.29) is 18.5 Å². The second-order valence-electron chi connectivity index (χ2n) is 7.06. The Labute approximate surface area is 126 Å². The Kier molecular flexibility index (Phi) is 4.76. The van der Waals surface area contributed by atoms with Crippen molar-refractivity contribution in [3.8, 4) is 0 Å². The Morgan fingerprint density at radius 3 is 2.48 bits per heavy atom. The van der Waals surface area contributed by atoms with Gasteiger partial charge in [-0.25, -0.2) is 4.79 Å². The van der Waals surface area contributed by atoms with E-state index < -0.39 is 5.60 Å². The summed E-state index contributed by atoms with van der Waals surface area (Å²) < 4.78 is 5.49. The molecule has 6 nitrogen and oxygen atoms in total. The molecule has 2 amide bonds. The summed E-state index contributed by atoms with van der Waals surface area (Å²) in [6.07, 6.45) is 2.81. The number of ether oxygens (including phenoxy) is 1. The van der Waals surface area contributed by atoms with E-state index >= 15 is 0 Å². The van der Waals surface area contributed by atoms with E-state index in [0.29, 0.717) is 25.0 Å². The van der Waals surface area contributed by atoms with Crippen molar-refractivity contribution in [2.45, 2.75) is 51.7 Å². The molecule has 2 fully saturated rings. The van der Waals surface area contributed by atoms with Crippen molar-refractivity contribution in [2.75, 3.05) is 26.2 Å². The minimum absolute atomic E-state index is 0.00672. The number of hydrogen-bond donors (Lipinski definition) is 1. The minimum Gasteiger partial charge on any atom is -0.444 e. The molecule has 21 heavy (non-hydrogen) atoms. The standard InChI is InChI=1S/C15H27N3O3/c1-15(2,3)21-14(20)18(12-4-5-12)10-11-6-7-17(9-11)13(19)8-16/h11-12H,4-10,16H2,1-3H3/t11-/m0/s1. The first kappa shape index (κ1) is 16.1. The van der Waals surface area contributed by atoms with Gasteiger partial charge in [0.15, 0.2) is 0 Å². The molecule has 1 heterocycles. The third-order valence-electron chi connectivity index (χ3n) is 3.88. The number of nitrogens with two attached hydrogens (primary N) is 1. The zero-order valence-corrected chi connectivity index (χ0v) is 13.3. The largest absolute Gasteiger partial charge is 0.444 e. The zero-order chi connectivity index (χ0) is 15.6. The molecule has 0 spiro atoms. The van der Waals surface area contributed by atoms with E-state index in [0.717, 1.165) is 25.8 Å². The maximum atomic E-state index is 12.3. The van der Waals surface area contributed by atoms with E-state index in [1.165, 1.54) is 0 Å². The molecule has 2 N–H and O–H groups in total. The van der Waals surface area contributed by atoms with Crippen LogP contribution >= 0.6 is 0 Å². The summed E-state index contributed by atoms with van der Waals surface area (Å²) in [6.45, 7) is 7.82. The van der Waals surface area contributed by atoms with E-state index in [4.69, 9.17) is 10.5 Å². The van der Waals surface area contributed by atoms with Gasteiger partial charge in [0.1, 0.15) is 5.60 Å². The molecule has 1 saturated carbocycles. The predicted molar refractivity (Wildman–Crippen MR) is 79.7 cm³/mol. The van der Waals surface area contributed by atoms with Gasteiger partial charge >= 0.3 is 6.09 Å². The van der Waals surface area contributed by atoms with Gasteiger partial charge in [0.25, 0.3) is 0 Å². The number of carbonyl (C=O) groups excluding carboxylic acids is 2. The first-order chi connectivity index (χ1) is 9.80. The van der Waals surface area contributed by atoms with Crippen molar-refractivity contribution >= 4 is 12.0 Å². The van der Waals surface area contributed by atoms with Gasteiger partial charge in [0, 0.05) is 25.7 Å². The monoisotopic (exact) mass is 297 g/mol. The van der Waals surface area contributed by atoms with Crippen LogP contribution in [-0.2, 0) is 9.53 Å². The van der Waals surface area contributed by atoms with Gasteiger partial charge in [-0.3, -0.25) is 4.79 Å². The van der Waals surface area contributed by atoms with Gasteiger partial charge in [-0.05, 0) is 46.0 Å². The number of likely N-dealkylation sites (tertiary alicyclic amines) is 1. The second-order valence-corrected chi connectivity index (χ2v) is 7.06. The van der Waals surface area contributed by atoms with Crippen LogP contribution in [0.3, 0.4) is 0 Å². The van der Waals surface area contributed by atoms with Gasteiger partial charge in [-0.2, -0.15) is 0 Å². The minimum atomic E-state index is -0.471. The summed E-state index contributed by atoms with van der Waals surface area (Å²) in [7, 11) is 0. The lowest BCUT2D eigenvalue weighted by atomic mass is 10.1. The normalized spacial score (nSPS) is 22.3. The molecular formula is C15H27N3O3. The van der Waals surface area contributed by atoms with Crippen molar-refractivity contribution in [3.63, 3.8) is 0 Å². The Morgan fingerprint density at radius 2 is 1.95 bits per heavy atom. The smallest absolute Gasteiger partial charge is 0.410 e. The summed E-state index contributed by atoms with van der Waals surface area (Å²) in [5.41, 5.74) is 4.93. The van der Waals surface area contributed by atoms with Crippen molar-refractivity contribution in [2.24, 2.45) is 11.7 Å². The Morgan fingerprint density at radius 1 is 1.29 bits per heavy atom. The topological polar surface area (TPSA) is 75.9 Å². The summed E-state index contributed by atoms with van der Waals surface area (Å²) >= 11 is 0. The fraction of sp³-hybridized carbons (Fsp3) is 0.867. The fourth-order valence-corrected chi connectivity index (χ4v) is 2.69. The molecule has 1 atom stereocenters. The number of nitrogens with zero attached hydrogens (tertiary/aromatic N) is 2. The summed E-state index contributed by atoms with van der Waals surface area (Å²) in [6, 6.07) is 0.319. The highest BCUT2D eigenvalue weighted by Gasteiger charge is 2.38. The van der Waals surface area contributed by atoms with Crippen LogP contribution in [0.25, 0.3) is 0 Å². The van der Waals surface area contributed by atoms with Crippen LogP contribution in [0.1, 0.15) is 40.0 Å². The molecule has 0 aromatic rings. The molecule has 0 unspecified atom stereocenters. The highest BCUT2D eigenvalue weighted by molar-refractivity contribution is 5.78. The third kappa shape index (κ3) is 4.59. The van der Waals surface area contributed by atoms with Crippen molar-refractivity contribution in [3.05, 3.63) is 0 Å². The Bertz CT molecular complexity index is 401. The Balaban J connectivity index is 1.89. The number of amides is 2. The van der Waals surface area contributed by atoms with Crippen LogP contribution in [0.4, 0.5) is 4.79 Å². The van der Waals surface area contributed by atoms with Crippen LogP contribution in [0, 0.1) is 5.92 Å². The van der Waals surface area contributed by atoms with Gasteiger partial charge in [0.05, 0.1) is 6.54 Å². The zero-order valence-electron chi connectivity index (χ0n) is 13.3. The highest BCUT2D eigenvalue weighted by Crippen LogP contribution is 2.30. The second kappa shape index (κ2) is 6.22. The summed E-state index contributed by atoms with van der Waals surface area (Å²) in [4.78, 5) is 27.6. The average Bonchev–Trinajstić information content (AvgIpc) is 3.11.